The quantitative estimate of drug-likeness (QED) is 0.333. The van der Waals surface area contributed by atoms with Crippen molar-refractivity contribution < 1.29 is 14.3 Å². The van der Waals surface area contributed by atoms with Gasteiger partial charge in [-0.3, -0.25) is 4.79 Å². The highest BCUT2D eigenvalue weighted by Crippen LogP contribution is 2.25. The highest BCUT2D eigenvalue weighted by atomic mass is 32.2. The van der Waals surface area contributed by atoms with E-state index < -0.39 is 0 Å². The first-order chi connectivity index (χ1) is 15.5. The van der Waals surface area contributed by atoms with Gasteiger partial charge in [-0.1, -0.05) is 32.5 Å². The van der Waals surface area contributed by atoms with Crippen LogP contribution in [0.2, 0.25) is 0 Å². The molecule has 0 unspecified atom stereocenters. The third kappa shape index (κ3) is 5.61. The average Bonchev–Trinajstić information content (AvgIpc) is 3.20. The maximum atomic E-state index is 12.7. The van der Waals surface area contributed by atoms with Gasteiger partial charge in [0.1, 0.15) is 17.3 Å². The van der Waals surface area contributed by atoms with Crippen LogP contribution in [-0.2, 0) is 6.54 Å². The van der Waals surface area contributed by atoms with Gasteiger partial charge in [-0.2, -0.15) is 5.10 Å². The summed E-state index contributed by atoms with van der Waals surface area (Å²) in [5.41, 5.74) is 1.20. The van der Waals surface area contributed by atoms with E-state index in [1.807, 2.05) is 0 Å². The van der Waals surface area contributed by atoms with Crippen LogP contribution >= 0.6 is 11.8 Å². The van der Waals surface area contributed by atoms with E-state index >= 15 is 0 Å². The van der Waals surface area contributed by atoms with Crippen molar-refractivity contribution in [1.29, 1.82) is 0 Å². The molecule has 0 aliphatic rings. The molecule has 0 spiro atoms. The van der Waals surface area contributed by atoms with E-state index in [-0.39, 0.29) is 5.91 Å². The smallest absolute Gasteiger partial charge is 0.255 e. The van der Waals surface area contributed by atoms with Crippen molar-refractivity contribution in [3.63, 3.8) is 0 Å². The number of aromatic nitrogens is 4. The van der Waals surface area contributed by atoms with Crippen molar-refractivity contribution in [2.45, 2.75) is 32.5 Å². The molecule has 10 heteroatoms. The summed E-state index contributed by atoms with van der Waals surface area (Å²) < 4.78 is 12.3. The fourth-order valence-corrected chi connectivity index (χ4v) is 3.65. The predicted octanol–water partition coefficient (Wildman–Crippen LogP) is 3.45. The monoisotopic (exact) mass is 458 g/mol. The summed E-state index contributed by atoms with van der Waals surface area (Å²) in [7, 11) is 3.10. The summed E-state index contributed by atoms with van der Waals surface area (Å²) in [4.78, 5) is 22.0. The van der Waals surface area contributed by atoms with Crippen molar-refractivity contribution in [3.8, 4) is 11.5 Å². The van der Waals surface area contributed by atoms with Gasteiger partial charge in [0.15, 0.2) is 10.8 Å². The Hall–Kier alpha value is -3.01. The zero-order valence-corrected chi connectivity index (χ0v) is 20.0. The van der Waals surface area contributed by atoms with Crippen LogP contribution in [0.5, 0.6) is 11.5 Å². The lowest BCUT2D eigenvalue weighted by Crippen LogP contribution is -2.28. The lowest BCUT2D eigenvalue weighted by molar-refractivity contribution is 0.0949. The van der Waals surface area contributed by atoms with Gasteiger partial charge in [-0.05, 0) is 23.8 Å². The summed E-state index contributed by atoms with van der Waals surface area (Å²) in [5, 5.41) is 12.4. The number of hydrogen-bond acceptors (Lipinski definition) is 8. The Kier molecular flexibility index (Phi) is 8.15. The summed E-state index contributed by atoms with van der Waals surface area (Å²) in [5.74, 6) is 3.02. The summed E-state index contributed by atoms with van der Waals surface area (Å²) in [6.45, 7) is 8.05. The van der Waals surface area contributed by atoms with E-state index in [9.17, 15) is 4.79 Å². The number of amides is 1. The first-order valence-corrected chi connectivity index (χ1v) is 11.6. The van der Waals surface area contributed by atoms with Crippen molar-refractivity contribution in [3.05, 3.63) is 30.0 Å². The molecule has 9 nitrogen and oxygen atoms in total. The molecule has 32 heavy (non-hydrogen) atoms. The molecule has 0 saturated heterocycles. The van der Waals surface area contributed by atoms with Gasteiger partial charge in [0.2, 0.25) is 0 Å². The standard InChI is InChI=1S/C22H30N6O3S/c1-6-32-22-26-19(24-12-14(2)3)17-13-25-28(20(17)27-22)10-9-23-21(29)16-8-7-15(30-4)11-18(16)31-5/h7-8,11,13-14H,6,9-10,12H2,1-5H3,(H,23,29)(H,24,26,27). The normalized spacial score (nSPS) is 11.1. The Labute approximate surface area is 192 Å². The maximum Gasteiger partial charge on any atom is 0.255 e. The van der Waals surface area contributed by atoms with Crippen LogP contribution in [-0.4, -0.2) is 58.7 Å². The minimum atomic E-state index is -0.225. The van der Waals surface area contributed by atoms with Gasteiger partial charge in [0.25, 0.3) is 5.91 Å². The molecule has 2 heterocycles. The molecule has 0 radical (unpaired) electrons. The number of carbonyl (C=O) groups is 1. The number of hydrogen-bond donors (Lipinski definition) is 2. The van der Waals surface area contributed by atoms with E-state index in [1.165, 1.54) is 7.11 Å². The summed E-state index contributed by atoms with van der Waals surface area (Å²) >= 11 is 1.59. The first kappa shape index (κ1) is 23.6. The van der Waals surface area contributed by atoms with Crippen LogP contribution in [0.25, 0.3) is 11.0 Å². The second-order valence-electron chi connectivity index (χ2n) is 7.49. The van der Waals surface area contributed by atoms with Gasteiger partial charge in [0.05, 0.1) is 37.9 Å². The van der Waals surface area contributed by atoms with Gasteiger partial charge in [-0.25, -0.2) is 14.6 Å². The number of carbonyl (C=O) groups excluding carboxylic acids is 1. The first-order valence-electron chi connectivity index (χ1n) is 10.6. The number of thioether (sulfide) groups is 1. The summed E-state index contributed by atoms with van der Waals surface area (Å²) in [6.07, 6.45) is 1.77. The van der Waals surface area contributed by atoms with Gasteiger partial charge in [0, 0.05) is 19.2 Å². The number of ether oxygens (including phenoxy) is 2. The van der Waals surface area contributed by atoms with Gasteiger partial charge < -0.3 is 20.1 Å². The lowest BCUT2D eigenvalue weighted by Gasteiger charge is -2.12. The molecule has 1 aromatic carbocycles. The molecular formula is C22H30N6O3S. The van der Waals surface area contributed by atoms with Crippen molar-refractivity contribution >= 4 is 34.5 Å². The van der Waals surface area contributed by atoms with E-state index in [1.54, 1.807) is 47.9 Å². The van der Waals surface area contributed by atoms with Crippen molar-refractivity contribution in [2.75, 3.05) is 38.4 Å². The van der Waals surface area contributed by atoms with Crippen LogP contribution in [0.3, 0.4) is 0 Å². The number of nitrogens with zero attached hydrogens (tertiary/aromatic N) is 4. The third-order valence-electron chi connectivity index (χ3n) is 4.69. The SMILES string of the molecule is CCSc1nc(NCC(C)C)c2cnn(CCNC(=O)c3ccc(OC)cc3OC)c2n1. The fourth-order valence-electron chi connectivity index (χ4n) is 3.08. The Morgan fingerprint density at radius 3 is 2.72 bits per heavy atom. The number of benzene rings is 1. The Morgan fingerprint density at radius 2 is 2.03 bits per heavy atom. The highest BCUT2D eigenvalue weighted by Gasteiger charge is 2.15. The van der Waals surface area contributed by atoms with Gasteiger partial charge >= 0.3 is 0 Å². The number of methoxy groups -OCH3 is 2. The molecule has 3 aromatic rings. The summed E-state index contributed by atoms with van der Waals surface area (Å²) in [6, 6.07) is 5.10. The Morgan fingerprint density at radius 1 is 1.22 bits per heavy atom. The second kappa shape index (κ2) is 11.0. The van der Waals surface area contributed by atoms with Crippen molar-refractivity contribution in [1.82, 2.24) is 25.1 Å². The molecule has 0 saturated carbocycles. The van der Waals surface area contributed by atoms with Crippen LogP contribution in [0.4, 0.5) is 5.82 Å². The van der Waals surface area contributed by atoms with Crippen LogP contribution in [0.15, 0.2) is 29.6 Å². The van der Waals surface area contributed by atoms with E-state index in [4.69, 9.17) is 9.47 Å². The lowest BCUT2D eigenvalue weighted by atomic mass is 10.1. The predicted molar refractivity (Wildman–Crippen MR) is 127 cm³/mol. The third-order valence-corrected chi connectivity index (χ3v) is 5.42. The number of fused-ring (bicyclic) bond motifs is 1. The van der Waals surface area contributed by atoms with Crippen LogP contribution in [0, 0.1) is 5.92 Å². The van der Waals surface area contributed by atoms with Crippen molar-refractivity contribution in [2.24, 2.45) is 5.92 Å². The molecular weight excluding hydrogens is 428 g/mol. The zero-order chi connectivity index (χ0) is 23.1. The largest absolute Gasteiger partial charge is 0.497 e. The maximum absolute atomic E-state index is 12.7. The molecule has 0 bridgehead atoms. The average molecular weight is 459 g/mol. The van der Waals surface area contributed by atoms with Crippen LogP contribution in [0.1, 0.15) is 31.1 Å². The van der Waals surface area contributed by atoms with E-state index in [0.29, 0.717) is 41.2 Å². The van der Waals surface area contributed by atoms with E-state index in [0.717, 1.165) is 29.1 Å². The molecule has 3 rings (SSSR count). The Bertz CT molecular complexity index is 1070. The van der Waals surface area contributed by atoms with E-state index in [2.05, 4.69) is 46.5 Å². The zero-order valence-electron chi connectivity index (χ0n) is 19.1. The van der Waals surface area contributed by atoms with Crippen LogP contribution < -0.4 is 20.1 Å². The molecule has 0 fully saturated rings. The molecule has 2 N–H and O–H groups in total. The Balaban J connectivity index is 1.74. The number of nitrogens with one attached hydrogen (secondary N) is 2. The second-order valence-corrected chi connectivity index (χ2v) is 8.72. The molecule has 0 aliphatic heterocycles. The molecule has 172 valence electrons. The molecule has 0 aliphatic carbocycles. The highest BCUT2D eigenvalue weighted by molar-refractivity contribution is 7.99. The molecule has 2 aromatic heterocycles. The number of anilines is 1. The minimum Gasteiger partial charge on any atom is -0.497 e. The topological polar surface area (TPSA) is 103 Å². The number of rotatable bonds is 11. The van der Waals surface area contributed by atoms with Gasteiger partial charge in [-0.15, -0.1) is 0 Å². The molecule has 1 amide bonds. The minimum absolute atomic E-state index is 0.225. The molecule has 0 atom stereocenters. The fraction of sp³-hybridized carbons (Fsp3) is 0.455.